The molecular weight excluding hydrogens is 332 g/mol. The smallest absolute Gasteiger partial charge is 0.155 e. The lowest BCUT2D eigenvalue weighted by molar-refractivity contribution is -0.144. The van der Waals surface area contributed by atoms with Gasteiger partial charge in [-0.1, -0.05) is 31.6 Å². The first-order valence-corrected chi connectivity index (χ1v) is 10.9. The molecule has 5 aliphatic carbocycles. The molecule has 0 aromatic rings. The third-order valence-corrected chi connectivity index (χ3v) is 9.86. The van der Waals surface area contributed by atoms with E-state index in [1.807, 2.05) is 6.92 Å². The quantitative estimate of drug-likeness (QED) is 0.557. The van der Waals surface area contributed by atoms with Crippen molar-refractivity contribution < 1.29 is 12.3 Å². The Balaban J connectivity index is 1.57. The lowest BCUT2D eigenvalue weighted by Gasteiger charge is -2.60. The van der Waals surface area contributed by atoms with Gasteiger partial charge in [0.1, 0.15) is 5.78 Å². The Hall–Kier alpha value is -1.18. The highest BCUT2D eigenvalue weighted by atomic mass is 16.1. The zero-order valence-electron chi connectivity index (χ0n) is 19.0. The molecule has 0 aliphatic heterocycles. The van der Waals surface area contributed by atoms with Crippen molar-refractivity contribution in [1.82, 2.24) is 0 Å². The van der Waals surface area contributed by atoms with Crippen molar-refractivity contribution in [2.24, 2.45) is 39.9 Å². The van der Waals surface area contributed by atoms with Crippen molar-refractivity contribution in [2.45, 2.75) is 78.5 Å². The van der Waals surface area contributed by atoms with E-state index in [1.54, 1.807) is 6.08 Å². The SMILES string of the molecule is [3H]C1C(=O)C=C2CC[C@H]3[C@@H]4C[C@H]5CC=CC[C@@]5(C(C)=O)[C@@]4(C)CC[C@@H]3[C@@]2(C)C1[3H]. The summed E-state index contributed by atoms with van der Waals surface area (Å²) in [5.74, 6) is 2.04. The predicted molar refractivity (Wildman–Crippen MR) is 107 cm³/mol. The fourth-order valence-electron chi connectivity index (χ4n) is 8.54. The molecule has 2 heteroatoms. The molecule has 0 amide bonds. The molecule has 0 aromatic carbocycles. The maximum Gasteiger partial charge on any atom is 0.155 e. The normalized spacial score (nSPS) is 57.4. The summed E-state index contributed by atoms with van der Waals surface area (Å²) in [6.45, 7) is 6.40. The van der Waals surface area contributed by atoms with Crippen LogP contribution in [0.3, 0.4) is 0 Å². The first kappa shape index (κ1) is 15.7. The molecule has 2 unspecified atom stereocenters. The topological polar surface area (TPSA) is 34.1 Å². The molecule has 3 saturated carbocycles. The van der Waals surface area contributed by atoms with Crippen LogP contribution in [0.1, 0.15) is 81.3 Å². The highest BCUT2D eigenvalue weighted by molar-refractivity contribution is 5.91. The van der Waals surface area contributed by atoms with E-state index in [-0.39, 0.29) is 22.0 Å². The van der Waals surface area contributed by atoms with E-state index in [2.05, 4.69) is 26.0 Å². The van der Waals surface area contributed by atoms with Crippen molar-refractivity contribution in [3.8, 4) is 0 Å². The van der Waals surface area contributed by atoms with Crippen LogP contribution < -0.4 is 0 Å². The molecule has 27 heavy (non-hydrogen) atoms. The predicted octanol–water partition coefficient (Wildman–Crippen LogP) is 5.67. The number of hydrogen-bond acceptors (Lipinski definition) is 2. The summed E-state index contributed by atoms with van der Waals surface area (Å²) in [6.07, 6.45) is 11.7. The second-order valence-electron chi connectivity index (χ2n) is 10.4. The van der Waals surface area contributed by atoms with Gasteiger partial charge in [-0.25, -0.2) is 0 Å². The molecule has 0 heterocycles. The Morgan fingerprint density at radius 2 is 2.04 bits per heavy atom. The molecule has 0 N–H and O–H groups in total. The van der Waals surface area contributed by atoms with Crippen LogP contribution in [0.5, 0.6) is 0 Å². The van der Waals surface area contributed by atoms with Gasteiger partial charge in [0.15, 0.2) is 5.78 Å². The van der Waals surface area contributed by atoms with Gasteiger partial charge in [0.05, 0.1) is 0 Å². The van der Waals surface area contributed by atoms with Crippen molar-refractivity contribution in [3.05, 3.63) is 23.8 Å². The standard InChI is InChI=1S/C25H34O2/c1-16(26)25-11-5-4-6-18(25)15-22-20-8-7-17-14-19(27)9-12-23(17,2)21(20)10-13-24(22,25)3/h4-5,14,18,20-22H,6-13,15H2,1-3H3/t18-,20-,21+,22+,23+,24+,25+/m1/s1/i9T,12T/t9?,12?,18-,20-,21+,22+,23+,24+,25+. The molecule has 5 aliphatic rings. The molecule has 3 fully saturated rings. The summed E-state index contributed by atoms with van der Waals surface area (Å²) in [4.78, 5) is 25.4. The maximum absolute atomic E-state index is 13.1. The maximum atomic E-state index is 13.1. The Morgan fingerprint density at radius 3 is 2.81 bits per heavy atom. The van der Waals surface area contributed by atoms with Crippen LogP contribution >= 0.6 is 0 Å². The molecule has 146 valence electrons. The lowest BCUT2D eigenvalue weighted by Crippen LogP contribution is -2.55. The average Bonchev–Trinajstić information content (AvgIpc) is 2.98. The summed E-state index contributed by atoms with van der Waals surface area (Å²) in [7, 11) is 0. The molecule has 0 radical (unpaired) electrons. The molecule has 2 nitrogen and oxygen atoms in total. The van der Waals surface area contributed by atoms with Gasteiger partial charge in [-0.3, -0.25) is 9.59 Å². The number of rotatable bonds is 1. The van der Waals surface area contributed by atoms with Gasteiger partial charge in [0, 0.05) is 14.6 Å². The minimum atomic E-state index is -0.949. The fourth-order valence-corrected chi connectivity index (χ4v) is 8.54. The minimum Gasteiger partial charge on any atom is -0.299 e. The minimum absolute atomic E-state index is 0.0371. The third kappa shape index (κ3) is 2.08. The van der Waals surface area contributed by atoms with Crippen molar-refractivity contribution in [2.75, 3.05) is 0 Å². The molecule has 0 spiro atoms. The second kappa shape index (κ2) is 5.67. The van der Waals surface area contributed by atoms with Crippen molar-refractivity contribution in [3.63, 3.8) is 0 Å². The average molecular weight is 371 g/mol. The fraction of sp³-hybridized carbons (Fsp3) is 0.760. The summed E-state index contributed by atoms with van der Waals surface area (Å²) in [5, 5.41) is 0. The van der Waals surface area contributed by atoms with Crippen molar-refractivity contribution >= 4 is 11.6 Å². The van der Waals surface area contributed by atoms with Crippen LogP contribution in [0.2, 0.25) is 0 Å². The van der Waals surface area contributed by atoms with E-state index in [0.29, 0.717) is 29.5 Å². The zero-order chi connectivity index (χ0) is 20.8. The van der Waals surface area contributed by atoms with Crippen LogP contribution in [0, 0.1) is 39.9 Å². The number of ketones is 2. The number of Topliss-reactive ketones (excluding diaryl/α,β-unsaturated/α-hetero) is 1. The van der Waals surface area contributed by atoms with Crippen LogP contribution in [-0.4, -0.2) is 11.6 Å². The third-order valence-electron chi connectivity index (χ3n) is 9.86. The summed E-state index contributed by atoms with van der Waals surface area (Å²) in [6, 6.07) is 0. The first-order chi connectivity index (χ1) is 13.7. The molecule has 0 aromatic heterocycles. The lowest BCUT2D eigenvalue weighted by atomic mass is 9.44. The van der Waals surface area contributed by atoms with Crippen molar-refractivity contribution in [1.29, 1.82) is 0 Å². The Kier molecular flexibility index (Phi) is 3.30. The Bertz CT molecular complexity index is 831. The number of fused-ring (bicyclic) bond motifs is 7. The number of carbonyl (C=O) groups is 2. The monoisotopic (exact) mass is 370 g/mol. The van der Waals surface area contributed by atoms with E-state index in [0.717, 1.165) is 50.5 Å². The summed E-state index contributed by atoms with van der Waals surface area (Å²) < 4.78 is 17.2. The van der Waals surface area contributed by atoms with Gasteiger partial charge in [-0.2, -0.15) is 0 Å². The Labute approximate surface area is 166 Å². The molecule has 0 saturated heterocycles. The summed E-state index contributed by atoms with van der Waals surface area (Å²) in [5.41, 5.74) is 0.596. The van der Waals surface area contributed by atoms with E-state index in [1.165, 1.54) is 0 Å². The van der Waals surface area contributed by atoms with Crippen LogP contribution in [0.25, 0.3) is 0 Å². The van der Waals surface area contributed by atoms with E-state index < -0.39 is 12.8 Å². The zero-order valence-corrected chi connectivity index (χ0v) is 17.0. The largest absolute Gasteiger partial charge is 0.299 e. The van der Waals surface area contributed by atoms with Gasteiger partial charge in [-0.05, 0) is 98.8 Å². The molecule has 9 atom stereocenters. The van der Waals surface area contributed by atoms with E-state index >= 15 is 0 Å². The summed E-state index contributed by atoms with van der Waals surface area (Å²) >= 11 is 0. The Morgan fingerprint density at radius 1 is 1.22 bits per heavy atom. The number of carbonyl (C=O) groups excluding carboxylic acids is 2. The van der Waals surface area contributed by atoms with E-state index in [4.69, 9.17) is 2.74 Å². The molecular formula is C25H34O2. The van der Waals surface area contributed by atoms with Gasteiger partial charge >= 0.3 is 0 Å². The number of hydrogen-bond donors (Lipinski definition) is 0. The van der Waals surface area contributed by atoms with Gasteiger partial charge in [-0.15, -0.1) is 0 Å². The molecule has 0 bridgehead atoms. The van der Waals surface area contributed by atoms with Crippen LogP contribution in [0.15, 0.2) is 23.8 Å². The highest BCUT2D eigenvalue weighted by Crippen LogP contribution is 2.73. The highest BCUT2D eigenvalue weighted by Gasteiger charge is 2.68. The van der Waals surface area contributed by atoms with Gasteiger partial charge in [0.2, 0.25) is 0 Å². The van der Waals surface area contributed by atoms with Crippen LogP contribution in [-0.2, 0) is 9.59 Å². The van der Waals surface area contributed by atoms with Crippen LogP contribution in [0.4, 0.5) is 0 Å². The number of allylic oxidation sites excluding steroid dienone is 3. The second-order valence-corrected chi connectivity index (χ2v) is 10.4. The first-order valence-electron chi connectivity index (χ1n) is 12.1. The van der Waals surface area contributed by atoms with Gasteiger partial charge in [0.25, 0.3) is 0 Å². The molecule has 5 rings (SSSR count). The van der Waals surface area contributed by atoms with Gasteiger partial charge < -0.3 is 0 Å². The van der Waals surface area contributed by atoms with E-state index in [9.17, 15) is 9.59 Å².